The van der Waals surface area contributed by atoms with Crippen molar-refractivity contribution in [2.24, 2.45) is 0 Å². The number of hydrogen-bond donors (Lipinski definition) is 1. The number of carbonyl (C=O) groups excluding carboxylic acids is 2. The summed E-state index contributed by atoms with van der Waals surface area (Å²) in [6, 6.07) is 12.5. The van der Waals surface area contributed by atoms with Crippen LogP contribution in [-0.2, 0) is 16.1 Å². The average Bonchev–Trinajstić information content (AvgIpc) is 2.66. The highest BCUT2D eigenvalue weighted by Gasteiger charge is 2.15. The molecular weight excluding hydrogens is 368 g/mol. The fourth-order valence-electron chi connectivity index (χ4n) is 2.54. The molecule has 0 aromatic heterocycles. The van der Waals surface area contributed by atoms with Gasteiger partial charge in [0.25, 0.3) is 0 Å². The summed E-state index contributed by atoms with van der Waals surface area (Å²) in [5.41, 5.74) is 1.59. The molecule has 0 fully saturated rings. The molecule has 0 aliphatic rings. The lowest BCUT2D eigenvalue weighted by Crippen LogP contribution is -2.33. The van der Waals surface area contributed by atoms with Crippen molar-refractivity contribution in [1.82, 2.24) is 5.32 Å². The average molecular weight is 391 g/mol. The van der Waals surface area contributed by atoms with E-state index in [-0.39, 0.29) is 24.8 Å². The predicted molar refractivity (Wildman–Crippen MR) is 105 cm³/mol. The maximum Gasteiger partial charge on any atom is 0.223 e. The minimum atomic E-state index is -0.167. The third-order valence-electron chi connectivity index (χ3n) is 4.04. The standard InChI is InChI=1S/C20H23ClN2O4/c1-14(24)23(16-6-9-19(27-3)18(21)12-16)11-10-20(25)22-13-15-4-7-17(26-2)8-5-15/h4-9,12H,10-11,13H2,1-3H3,(H,22,25). The molecule has 144 valence electrons. The van der Waals surface area contributed by atoms with E-state index in [2.05, 4.69) is 5.32 Å². The lowest BCUT2D eigenvalue weighted by molar-refractivity contribution is -0.121. The van der Waals surface area contributed by atoms with E-state index < -0.39 is 0 Å². The normalized spacial score (nSPS) is 10.2. The first-order chi connectivity index (χ1) is 12.9. The molecule has 27 heavy (non-hydrogen) atoms. The van der Waals surface area contributed by atoms with E-state index in [0.29, 0.717) is 23.0 Å². The van der Waals surface area contributed by atoms with E-state index in [4.69, 9.17) is 21.1 Å². The summed E-state index contributed by atoms with van der Waals surface area (Å²) in [7, 11) is 3.13. The van der Waals surface area contributed by atoms with Gasteiger partial charge < -0.3 is 19.7 Å². The number of nitrogens with one attached hydrogen (secondary N) is 1. The minimum Gasteiger partial charge on any atom is -0.497 e. The molecule has 0 spiro atoms. The monoisotopic (exact) mass is 390 g/mol. The number of rotatable bonds is 8. The molecule has 0 aliphatic heterocycles. The van der Waals surface area contributed by atoms with E-state index in [1.807, 2.05) is 24.3 Å². The number of anilines is 1. The van der Waals surface area contributed by atoms with Gasteiger partial charge in [0, 0.05) is 32.1 Å². The lowest BCUT2D eigenvalue weighted by Gasteiger charge is -2.21. The summed E-state index contributed by atoms with van der Waals surface area (Å²) in [5.74, 6) is 0.984. The Labute approximate surface area is 164 Å². The van der Waals surface area contributed by atoms with Gasteiger partial charge in [-0.1, -0.05) is 23.7 Å². The molecule has 2 rings (SSSR count). The quantitative estimate of drug-likeness (QED) is 0.750. The molecule has 7 heteroatoms. The fourth-order valence-corrected chi connectivity index (χ4v) is 2.79. The number of halogens is 1. The number of ether oxygens (including phenoxy) is 2. The highest BCUT2D eigenvalue weighted by Crippen LogP contribution is 2.29. The molecule has 6 nitrogen and oxygen atoms in total. The van der Waals surface area contributed by atoms with Gasteiger partial charge >= 0.3 is 0 Å². The molecule has 0 unspecified atom stereocenters. The summed E-state index contributed by atoms with van der Waals surface area (Å²) < 4.78 is 10.2. The molecule has 0 aliphatic carbocycles. The Morgan fingerprint density at radius 3 is 2.33 bits per heavy atom. The van der Waals surface area contributed by atoms with Crippen LogP contribution >= 0.6 is 11.6 Å². The number of amides is 2. The SMILES string of the molecule is COc1ccc(CNC(=O)CCN(C(C)=O)c2ccc(OC)c(Cl)c2)cc1. The van der Waals surface area contributed by atoms with Crippen LogP contribution in [0, 0.1) is 0 Å². The van der Waals surface area contributed by atoms with Crippen molar-refractivity contribution in [1.29, 1.82) is 0 Å². The first-order valence-corrected chi connectivity index (χ1v) is 8.83. The van der Waals surface area contributed by atoms with Gasteiger partial charge in [-0.25, -0.2) is 0 Å². The molecule has 0 saturated heterocycles. The first kappa shape index (κ1) is 20.6. The predicted octanol–water partition coefficient (Wildman–Crippen LogP) is 3.42. The Kier molecular flexibility index (Phi) is 7.49. The fraction of sp³-hybridized carbons (Fsp3) is 0.300. The van der Waals surface area contributed by atoms with Crippen LogP contribution < -0.4 is 19.7 Å². The van der Waals surface area contributed by atoms with Gasteiger partial charge in [-0.3, -0.25) is 9.59 Å². The van der Waals surface area contributed by atoms with Crippen molar-refractivity contribution in [2.45, 2.75) is 19.9 Å². The molecule has 0 bridgehead atoms. The van der Waals surface area contributed by atoms with Crippen molar-refractivity contribution < 1.29 is 19.1 Å². The van der Waals surface area contributed by atoms with E-state index in [0.717, 1.165) is 11.3 Å². The number of carbonyl (C=O) groups is 2. The Hall–Kier alpha value is -2.73. The summed E-state index contributed by atoms with van der Waals surface area (Å²) in [6.45, 7) is 2.12. The highest BCUT2D eigenvalue weighted by atomic mass is 35.5. The summed E-state index contributed by atoms with van der Waals surface area (Å²) in [5, 5.41) is 3.26. The maximum atomic E-state index is 12.1. The zero-order valence-corrected chi connectivity index (χ0v) is 16.4. The van der Waals surface area contributed by atoms with Crippen LogP contribution in [-0.4, -0.2) is 32.6 Å². The number of methoxy groups -OCH3 is 2. The Morgan fingerprint density at radius 1 is 1.07 bits per heavy atom. The van der Waals surface area contributed by atoms with Gasteiger partial charge in [0.1, 0.15) is 11.5 Å². The van der Waals surface area contributed by atoms with Crippen LogP contribution in [0.3, 0.4) is 0 Å². The molecule has 0 saturated carbocycles. The van der Waals surface area contributed by atoms with Crippen LogP contribution in [0.5, 0.6) is 11.5 Å². The minimum absolute atomic E-state index is 0.142. The van der Waals surface area contributed by atoms with Crippen molar-refractivity contribution in [3.8, 4) is 11.5 Å². The number of hydrogen-bond acceptors (Lipinski definition) is 4. The second-order valence-corrected chi connectivity index (χ2v) is 6.27. The first-order valence-electron chi connectivity index (χ1n) is 8.46. The zero-order valence-electron chi connectivity index (χ0n) is 15.6. The third-order valence-corrected chi connectivity index (χ3v) is 4.33. The van der Waals surface area contributed by atoms with Crippen LogP contribution in [0.15, 0.2) is 42.5 Å². The largest absolute Gasteiger partial charge is 0.497 e. The van der Waals surface area contributed by atoms with Gasteiger partial charge in [0.15, 0.2) is 0 Å². The van der Waals surface area contributed by atoms with Crippen molar-refractivity contribution in [3.05, 3.63) is 53.1 Å². The second-order valence-electron chi connectivity index (χ2n) is 5.86. The van der Waals surface area contributed by atoms with Crippen LogP contribution in [0.2, 0.25) is 5.02 Å². The summed E-state index contributed by atoms with van der Waals surface area (Å²) in [6.07, 6.45) is 0.180. The Balaban J connectivity index is 1.91. The van der Waals surface area contributed by atoms with Gasteiger partial charge in [-0.15, -0.1) is 0 Å². The van der Waals surface area contributed by atoms with Crippen molar-refractivity contribution >= 4 is 29.1 Å². The zero-order chi connectivity index (χ0) is 19.8. The summed E-state index contributed by atoms with van der Waals surface area (Å²) >= 11 is 6.13. The molecule has 0 atom stereocenters. The van der Waals surface area contributed by atoms with Crippen LogP contribution in [0.1, 0.15) is 18.9 Å². The van der Waals surface area contributed by atoms with E-state index in [1.54, 1.807) is 25.3 Å². The topological polar surface area (TPSA) is 67.9 Å². The van der Waals surface area contributed by atoms with E-state index in [1.165, 1.54) is 18.9 Å². The van der Waals surface area contributed by atoms with Gasteiger partial charge in [0.2, 0.25) is 11.8 Å². The Bertz CT molecular complexity index is 793. The molecule has 0 heterocycles. The number of nitrogens with zero attached hydrogens (tertiary/aromatic N) is 1. The maximum absolute atomic E-state index is 12.1. The third kappa shape index (κ3) is 5.89. The molecule has 1 N–H and O–H groups in total. The van der Waals surface area contributed by atoms with Crippen LogP contribution in [0.25, 0.3) is 0 Å². The molecular formula is C20H23ClN2O4. The Morgan fingerprint density at radius 2 is 1.78 bits per heavy atom. The van der Waals surface area contributed by atoms with E-state index in [9.17, 15) is 9.59 Å². The van der Waals surface area contributed by atoms with Crippen molar-refractivity contribution in [2.75, 3.05) is 25.7 Å². The smallest absolute Gasteiger partial charge is 0.223 e. The molecule has 2 aromatic carbocycles. The van der Waals surface area contributed by atoms with Gasteiger partial charge in [0.05, 0.1) is 19.2 Å². The second kappa shape index (κ2) is 9.83. The highest BCUT2D eigenvalue weighted by molar-refractivity contribution is 6.32. The lowest BCUT2D eigenvalue weighted by atomic mass is 10.2. The number of benzene rings is 2. The van der Waals surface area contributed by atoms with Gasteiger partial charge in [-0.05, 0) is 35.9 Å². The molecule has 2 amide bonds. The van der Waals surface area contributed by atoms with Crippen LogP contribution in [0.4, 0.5) is 5.69 Å². The molecule has 0 radical (unpaired) electrons. The van der Waals surface area contributed by atoms with Gasteiger partial charge in [-0.2, -0.15) is 0 Å². The summed E-state index contributed by atoms with van der Waals surface area (Å²) in [4.78, 5) is 25.6. The van der Waals surface area contributed by atoms with E-state index >= 15 is 0 Å². The molecule has 2 aromatic rings. The van der Waals surface area contributed by atoms with Crippen molar-refractivity contribution in [3.63, 3.8) is 0 Å².